The van der Waals surface area contributed by atoms with Crippen molar-refractivity contribution in [3.8, 4) is 0 Å². The van der Waals surface area contributed by atoms with Gasteiger partial charge in [-0.05, 0) is 42.2 Å². The van der Waals surface area contributed by atoms with E-state index in [0.29, 0.717) is 18.4 Å². The normalized spacial score (nSPS) is 34.8. The number of hydrogen-bond donors (Lipinski definition) is 1. The minimum absolute atomic E-state index is 0.158. The maximum Gasteiger partial charge on any atom is 0.263 e. The van der Waals surface area contributed by atoms with Crippen LogP contribution in [0.5, 0.6) is 0 Å². The molecule has 1 spiro atoms. The van der Waals surface area contributed by atoms with Crippen LogP contribution in [0, 0.1) is 17.3 Å². The number of fused-ring (bicyclic) bond motifs is 2. The zero-order chi connectivity index (χ0) is 14.9. The van der Waals surface area contributed by atoms with E-state index in [1.54, 1.807) is 11.3 Å². The minimum atomic E-state index is -0.180. The summed E-state index contributed by atoms with van der Waals surface area (Å²) in [7, 11) is 0. The van der Waals surface area contributed by atoms with E-state index in [9.17, 15) is 9.90 Å². The molecule has 5 heteroatoms. The lowest BCUT2D eigenvalue weighted by Gasteiger charge is -2.21. The predicted octanol–water partition coefficient (Wildman–Crippen LogP) is 2.05. The third-order valence-corrected chi connectivity index (χ3v) is 7.44. The molecule has 1 amide bonds. The third-order valence-electron chi connectivity index (χ3n) is 6.21. The summed E-state index contributed by atoms with van der Waals surface area (Å²) in [6, 6.07) is 2.02. The maximum atomic E-state index is 12.8. The van der Waals surface area contributed by atoms with Crippen LogP contribution in [0.25, 0.3) is 0 Å². The fourth-order valence-corrected chi connectivity index (χ4v) is 5.92. The molecule has 3 fully saturated rings. The quantitative estimate of drug-likeness (QED) is 0.862. The lowest BCUT2D eigenvalue weighted by atomic mass is 9.98. The van der Waals surface area contributed by atoms with Gasteiger partial charge in [-0.15, -0.1) is 11.3 Å². The number of aliphatic hydroxyl groups excluding tert-OH is 1. The molecule has 1 saturated heterocycles. The summed E-state index contributed by atoms with van der Waals surface area (Å²) in [4.78, 5) is 16.9. The van der Waals surface area contributed by atoms with Crippen molar-refractivity contribution in [2.75, 3.05) is 19.7 Å². The van der Waals surface area contributed by atoms with E-state index in [0.717, 1.165) is 37.4 Å². The molecule has 0 unspecified atom stereocenters. The molecule has 0 bridgehead atoms. The average Bonchev–Trinajstić information content (AvgIpc) is 2.92. The van der Waals surface area contributed by atoms with Gasteiger partial charge in [-0.1, -0.05) is 0 Å². The van der Waals surface area contributed by atoms with E-state index in [1.165, 1.54) is 23.3 Å². The summed E-state index contributed by atoms with van der Waals surface area (Å²) in [6.45, 7) is 2.99. The molecule has 3 heterocycles. The van der Waals surface area contributed by atoms with Gasteiger partial charge in [0.2, 0.25) is 0 Å². The number of thiophene rings is 1. The Labute approximate surface area is 134 Å². The van der Waals surface area contributed by atoms with E-state index >= 15 is 0 Å². The van der Waals surface area contributed by atoms with E-state index in [2.05, 4.69) is 0 Å². The van der Waals surface area contributed by atoms with Crippen LogP contribution in [-0.2, 0) is 17.8 Å². The second kappa shape index (κ2) is 4.56. The third kappa shape index (κ3) is 1.85. The summed E-state index contributed by atoms with van der Waals surface area (Å²) in [5, 5.41) is 10.5. The molecule has 2 aliphatic carbocycles. The fraction of sp³-hybridized carbons (Fsp3) is 0.706. The molecule has 4 nitrogen and oxygen atoms in total. The Balaban J connectivity index is 1.34. The van der Waals surface area contributed by atoms with Crippen molar-refractivity contribution in [1.29, 1.82) is 0 Å². The van der Waals surface area contributed by atoms with Crippen molar-refractivity contribution < 1.29 is 14.6 Å². The Kier molecular flexibility index (Phi) is 2.80. The molecule has 0 radical (unpaired) electrons. The van der Waals surface area contributed by atoms with Gasteiger partial charge in [-0.3, -0.25) is 4.79 Å². The van der Waals surface area contributed by atoms with Gasteiger partial charge in [0.05, 0.1) is 24.2 Å². The Morgan fingerprint density at radius 3 is 3.00 bits per heavy atom. The first-order valence-corrected chi connectivity index (χ1v) is 9.15. The van der Waals surface area contributed by atoms with Crippen LogP contribution in [-0.4, -0.2) is 41.7 Å². The number of hydrogen-bond acceptors (Lipinski definition) is 4. The zero-order valence-electron chi connectivity index (χ0n) is 12.6. The zero-order valence-corrected chi connectivity index (χ0v) is 13.4. The van der Waals surface area contributed by atoms with Gasteiger partial charge in [-0.2, -0.15) is 0 Å². The summed E-state index contributed by atoms with van der Waals surface area (Å²) >= 11 is 1.64. The van der Waals surface area contributed by atoms with Gasteiger partial charge >= 0.3 is 0 Å². The monoisotopic (exact) mass is 319 g/mol. The molecule has 1 N–H and O–H groups in total. The molecule has 3 atom stereocenters. The second-order valence-electron chi connectivity index (χ2n) is 7.51. The largest absolute Gasteiger partial charge is 0.392 e. The molecule has 0 aromatic carbocycles. The fourth-order valence-electron chi connectivity index (χ4n) is 4.80. The van der Waals surface area contributed by atoms with Crippen molar-refractivity contribution >= 4 is 17.2 Å². The van der Waals surface area contributed by atoms with E-state index < -0.39 is 0 Å². The van der Waals surface area contributed by atoms with Gasteiger partial charge in [0.15, 0.2) is 0 Å². The number of likely N-dealkylation sites (tertiary alicyclic amines) is 1. The molecule has 1 aromatic rings. The summed E-state index contributed by atoms with van der Waals surface area (Å²) in [6.07, 6.45) is 4.25. The number of rotatable bonds is 1. The summed E-state index contributed by atoms with van der Waals surface area (Å²) in [5.41, 5.74) is 1.43. The Hall–Kier alpha value is -0.910. The Morgan fingerprint density at radius 2 is 2.27 bits per heavy atom. The number of amides is 1. The molecule has 118 valence electrons. The highest BCUT2D eigenvalue weighted by atomic mass is 32.1. The Morgan fingerprint density at radius 1 is 1.41 bits per heavy atom. The van der Waals surface area contributed by atoms with E-state index in [-0.39, 0.29) is 17.4 Å². The van der Waals surface area contributed by atoms with Crippen molar-refractivity contribution in [2.24, 2.45) is 17.3 Å². The SMILES string of the molecule is O=C(c1cc2c(s1)CCOC2)N1C[C@@H]2CC3(CC3)[C@H](O)[C@@H]2C1. The topological polar surface area (TPSA) is 49.8 Å². The van der Waals surface area contributed by atoms with Crippen LogP contribution in [0.15, 0.2) is 6.07 Å². The van der Waals surface area contributed by atoms with Crippen molar-refractivity contribution in [3.05, 3.63) is 21.4 Å². The number of ether oxygens (including phenoxy) is 1. The van der Waals surface area contributed by atoms with Gasteiger partial charge in [-0.25, -0.2) is 0 Å². The molecule has 1 aromatic heterocycles. The molecule has 22 heavy (non-hydrogen) atoms. The summed E-state index contributed by atoms with van der Waals surface area (Å²) < 4.78 is 5.47. The first-order chi connectivity index (χ1) is 10.7. The minimum Gasteiger partial charge on any atom is -0.392 e. The predicted molar refractivity (Wildman–Crippen MR) is 82.9 cm³/mol. The van der Waals surface area contributed by atoms with Crippen molar-refractivity contribution in [1.82, 2.24) is 4.90 Å². The van der Waals surface area contributed by atoms with Crippen molar-refractivity contribution in [3.63, 3.8) is 0 Å². The highest BCUT2D eigenvalue weighted by Crippen LogP contribution is 2.63. The van der Waals surface area contributed by atoms with Crippen LogP contribution in [0.2, 0.25) is 0 Å². The molecule has 4 aliphatic rings. The van der Waals surface area contributed by atoms with Crippen LogP contribution in [0.3, 0.4) is 0 Å². The number of aliphatic hydroxyl groups is 1. The standard InChI is InChI=1S/C17H21NO3S/c19-15-12-8-18(7-11(12)6-17(15)2-3-17)16(20)14-5-10-9-21-4-1-13(10)22-14/h5,11-12,15,19H,1-4,6-9H2/t11-,12+,15+/m0/s1. The molecule has 2 aliphatic heterocycles. The molecular weight excluding hydrogens is 298 g/mol. The molecule has 5 rings (SSSR count). The first kappa shape index (κ1) is 13.5. The van der Waals surface area contributed by atoms with Crippen LogP contribution in [0.4, 0.5) is 0 Å². The Bertz CT molecular complexity index is 612. The second-order valence-corrected chi connectivity index (χ2v) is 8.64. The number of nitrogens with zero attached hydrogens (tertiary/aromatic N) is 1. The van der Waals surface area contributed by atoms with Gasteiger partial charge < -0.3 is 14.7 Å². The van der Waals surface area contributed by atoms with Gasteiger partial charge in [0.25, 0.3) is 5.91 Å². The van der Waals surface area contributed by atoms with Gasteiger partial charge in [0.1, 0.15) is 0 Å². The maximum absolute atomic E-state index is 12.8. The molecular formula is C17H21NO3S. The van der Waals surface area contributed by atoms with E-state index in [4.69, 9.17) is 4.74 Å². The highest BCUT2D eigenvalue weighted by Gasteiger charge is 2.61. The van der Waals surface area contributed by atoms with E-state index in [1.807, 2.05) is 11.0 Å². The number of carbonyl (C=O) groups is 1. The first-order valence-electron chi connectivity index (χ1n) is 8.33. The molecule has 2 saturated carbocycles. The van der Waals surface area contributed by atoms with Gasteiger partial charge in [0, 0.05) is 30.3 Å². The van der Waals surface area contributed by atoms with Crippen LogP contribution < -0.4 is 0 Å². The van der Waals surface area contributed by atoms with Crippen LogP contribution in [0.1, 0.15) is 39.4 Å². The van der Waals surface area contributed by atoms with Crippen molar-refractivity contribution in [2.45, 2.75) is 38.4 Å². The summed E-state index contributed by atoms with van der Waals surface area (Å²) in [5.74, 6) is 0.981. The average molecular weight is 319 g/mol. The van der Waals surface area contributed by atoms with Crippen LogP contribution >= 0.6 is 11.3 Å². The number of carbonyl (C=O) groups excluding carboxylic acids is 1. The lowest BCUT2D eigenvalue weighted by molar-refractivity contribution is 0.0636. The lowest BCUT2D eigenvalue weighted by Crippen LogP contribution is -2.32. The highest BCUT2D eigenvalue weighted by molar-refractivity contribution is 7.14. The smallest absolute Gasteiger partial charge is 0.263 e.